The Kier molecular flexibility index (Phi) is 3.66. The van der Waals surface area contributed by atoms with Crippen molar-refractivity contribution in [2.24, 2.45) is 7.05 Å². The first-order valence-corrected chi connectivity index (χ1v) is 7.70. The number of hydrogen-bond acceptors (Lipinski definition) is 5. The van der Waals surface area contributed by atoms with Gasteiger partial charge < -0.3 is 4.74 Å². The number of fused-ring (bicyclic) bond motifs is 1. The second kappa shape index (κ2) is 5.43. The van der Waals surface area contributed by atoms with Gasteiger partial charge in [0.05, 0.1) is 24.0 Å². The topological polar surface area (TPSA) is 77.3 Å². The fourth-order valence-corrected chi connectivity index (χ4v) is 2.70. The molecular formula is C17H20N4O3. The van der Waals surface area contributed by atoms with Crippen LogP contribution < -0.4 is 0 Å². The zero-order valence-electron chi connectivity index (χ0n) is 14.5. The second-order valence-electron chi connectivity index (χ2n) is 6.91. The monoisotopic (exact) mass is 328 g/mol. The van der Waals surface area contributed by atoms with Crippen molar-refractivity contribution in [3.8, 4) is 11.1 Å². The molecule has 0 saturated carbocycles. The van der Waals surface area contributed by atoms with Gasteiger partial charge in [0.25, 0.3) is 5.91 Å². The molecule has 3 rings (SSSR count). The number of pyridine rings is 1. The third-order valence-corrected chi connectivity index (χ3v) is 3.62. The molecule has 2 amide bonds. The van der Waals surface area contributed by atoms with Crippen LogP contribution >= 0.6 is 0 Å². The molecule has 0 atom stereocenters. The van der Waals surface area contributed by atoms with Crippen molar-refractivity contribution in [1.29, 1.82) is 0 Å². The van der Waals surface area contributed by atoms with Gasteiger partial charge >= 0.3 is 6.09 Å². The normalized spacial score (nSPS) is 14.0. The summed E-state index contributed by atoms with van der Waals surface area (Å²) in [7, 11) is 1.81. The van der Waals surface area contributed by atoms with Crippen molar-refractivity contribution in [3.63, 3.8) is 0 Å². The molecule has 7 heteroatoms. The zero-order valence-corrected chi connectivity index (χ0v) is 14.5. The zero-order chi connectivity index (χ0) is 17.6. The Morgan fingerprint density at radius 3 is 2.62 bits per heavy atom. The van der Waals surface area contributed by atoms with Crippen LogP contribution in [0.5, 0.6) is 0 Å². The van der Waals surface area contributed by atoms with Crippen molar-refractivity contribution in [3.05, 3.63) is 35.4 Å². The smallest absolute Gasteiger partial charge is 0.417 e. The molecule has 126 valence electrons. The first-order valence-electron chi connectivity index (χ1n) is 7.70. The summed E-state index contributed by atoms with van der Waals surface area (Å²) in [5.74, 6) is -0.384. The highest BCUT2D eigenvalue weighted by atomic mass is 16.6. The number of aryl methyl sites for hydroxylation is 2. The maximum atomic E-state index is 12.8. The van der Waals surface area contributed by atoms with Crippen LogP contribution in [0.25, 0.3) is 11.1 Å². The molecule has 0 aromatic carbocycles. The Labute approximate surface area is 140 Å². The summed E-state index contributed by atoms with van der Waals surface area (Å²) in [6.07, 6.45) is 2.87. The van der Waals surface area contributed by atoms with E-state index in [2.05, 4.69) is 10.1 Å². The van der Waals surface area contributed by atoms with E-state index in [0.29, 0.717) is 11.3 Å². The summed E-state index contributed by atoms with van der Waals surface area (Å²) >= 11 is 0. The Morgan fingerprint density at radius 1 is 1.33 bits per heavy atom. The minimum Gasteiger partial charge on any atom is -0.443 e. The molecule has 0 saturated heterocycles. The Bertz CT molecular complexity index is 833. The van der Waals surface area contributed by atoms with Gasteiger partial charge in [-0.2, -0.15) is 5.10 Å². The number of carbonyl (C=O) groups excluding carboxylic acids is 2. The Balaban J connectivity index is 2.01. The van der Waals surface area contributed by atoms with Crippen molar-refractivity contribution in [2.75, 3.05) is 0 Å². The molecular weight excluding hydrogens is 308 g/mol. The molecule has 0 fully saturated rings. The lowest BCUT2D eigenvalue weighted by atomic mass is 10.0. The molecule has 0 radical (unpaired) electrons. The number of imide groups is 1. The average molecular weight is 328 g/mol. The summed E-state index contributed by atoms with van der Waals surface area (Å²) in [4.78, 5) is 30.6. The molecule has 1 aliphatic heterocycles. The fourth-order valence-electron chi connectivity index (χ4n) is 2.70. The summed E-state index contributed by atoms with van der Waals surface area (Å²) in [5, 5.41) is 4.16. The quantitative estimate of drug-likeness (QED) is 0.804. The van der Waals surface area contributed by atoms with Gasteiger partial charge in [-0.15, -0.1) is 0 Å². The van der Waals surface area contributed by atoms with Crippen molar-refractivity contribution < 1.29 is 14.3 Å². The second-order valence-corrected chi connectivity index (χ2v) is 6.91. The highest BCUT2D eigenvalue weighted by Crippen LogP contribution is 2.32. The van der Waals surface area contributed by atoms with Crippen LogP contribution in [0.3, 0.4) is 0 Å². The molecule has 7 nitrogen and oxygen atoms in total. The van der Waals surface area contributed by atoms with E-state index in [0.717, 1.165) is 21.7 Å². The molecule has 3 heterocycles. The molecule has 1 aliphatic rings. The molecule has 0 aliphatic carbocycles. The molecule has 0 bridgehead atoms. The van der Waals surface area contributed by atoms with E-state index in [-0.39, 0.29) is 12.5 Å². The fraction of sp³-hybridized carbons (Fsp3) is 0.412. The van der Waals surface area contributed by atoms with Gasteiger partial charge in [-0.05, 0) is 33.8 Å². The molecule has 24 heavy (non-hydrogen) atoms. The van der Waals surface area contributed by atoms with E-state index < -0.39 is 11.7 Å². The molecule has 0 unspecified atom stereocenters. The summed E-state index contributed by atoms with van der Waals surface area (Å²) in [6, 6.07) is 1.84. The average Bonchev–Trinajstić information content (AvgIpc) is 3.00. The number of nitrogens with zero attached hydrogens (tertiary/aromatic N) is 4. The number of amides is 2. The van der Waals surface area contributed by atoms with Gasteiger partial charge in [0.2, 0.25) is 0 Å². The molecule has 0 spiro atoms. The van der Waals surface area contributed by atoms with E-state index in [4.69, 9.17) is 4.74 Å². The van der Waals surface area contributed by atoms with Crippen LogP contribution in [0.15, 0.2) is 18.5 Å². The standard InChI is InChI=1S/C17H20N4O3/c1-10-6-12(11-7-18-20(5)8-11)14-13(19-10)9-21(15(14)22)16(23)24-17(2,3)4/h6-8H,9H2,1-5H3. The van der Waals surface area contributed by atoms with Crippen LogP contribution in [0.2, 0.25) is 0 Å². The lowest BCUT2D eigenvalue weighted by molar-refractivity contribution is 0.0247. The lowest BCUT2D eigenvalue weighted by Gasteiger charge is -2.23. The van der Waals surface area contributed by atoms with E-state index in [1.807, 2.05) is 26.2 Å². The third-order valence-electron chi connectivity index (χ3n) is 3.62. The van der Waals surface area contributed by atoms with Gasteiger partial charge in [-0.1, -0.05) is 0 Å². The predicted molar refractivity (Wildman–Crippen MR) is 87.3 cm³/mol. The maximum Gasteiger partial charge on any atom is 0.417 e. The van der Waals surface area contributed by atoms with Crippen LogP contribution in [0.4, 0.5) is 4.79 Å². The van der Waals surface area contributed by atoms with Crippen LogP contribution in [-0.4, -0.2) is 37.3 Å². The number of aromatic nitrogens is 3. The summed E-state index contributed by atoms with van der Waals surface area (Å²) < 4.78 is 6.99. The third kappa shape index (κ3) is 2.89. The molecule has 2 aromatic rings. The summed E-state index contributed by atoms with van der Waals surface area (Å²) in [6.45, 7) is 7.28. The predicted octanol–water partition coefficient (Wildman–Crippen LogP) is 2.68. The maximum absolute atomic E-state index is 12.8. The van der Waals surface area contributed by atoms with Crippen LogP contribution in [-0.2, 0) is 18.3 Å². The van der Waals surface area contributed by atoms with E-state index in [9.17, 15) is 9.59 Å². The largest absolute Gasteiger partial charge is 0.443 e. The van der Waals surface area contributed by atoms with Crippen LogP contribution in [0.1, 0.15) is 42.5 Å². The molecule has 2 aromatic heterocycles. The highest BCUT2D eigenvalue weighted by Gasteiger charge is 2.38. The van der Waals surface area contributed by atoms with Crippen molar-refractivity contribution in [1.82, 2.24) is 19.7 Å². The SMILES string of the molecule is Cc1cc(-c2cnn(C)c2)c2c(n1)CN(C(=O)OC(C)(C)C)C2=O. The van der Waals surface area contributed by atoms with E-state index in [1.54, 1.807) is 31.6 Å². The molecule has 0 N–H and O–H groups in total. The first-order chi connectivity index (χ1) is 11.2. The van der Waals surface area contributed by atoms with E-state index >= 15 is 0 Å². The first kappa shape index (κ1) is 16.2. The minimum atomic E-state index is -0.665. The highest BCUT2D eigenvalue weighted by molar-refractivity contribution is 6.10. The van der Waals surface area contributed by atoms with E-state index in [1.165, 1.54) is 0 Å². The Hall–Kier alpha value is -2.70. The van der Waals surface area contributed by atoms with Crippen molar-refractivity contribution >= 4 is 12.0 Å². The van der Waals surface area contributed by atoms with Gasteiger partial charge in [0.1, 0.15) is 5.60 Å². The lowest BCUT2D eigenvalue weighted by Crippen LogP contribution is -2.37. The number of rotatable bonds is 1. The summed E-state index contributed by atoms with van der Waals surface area (Å²) in [5.41, 5.74) is 2.71. The van der Waals surface area contributed by atoms with Crippen LogP contribution in [0, 0.1) is 6.92 Å². The van der Waals surface area contributed by atoms with Gasteiger partial charge in [-0.25, -0.2) is 9.69 Å². The number of ether oxygens (including phenoxy) is 1. The minimum absolute atomic E-state index is 0.123. The van der Waals surface area contributed by atoms with Gasteiger partial charge in [-0.3, -0.25) is 14.5 Å². The number of hydrogen-bond donors (Lipinski definition) is 0. The number of carbonyl (C=O) groups is 2. The van der Waals surface area contributed by atoms with Crippen molar-refractivity contribution in [2.45, 2.75) is 39.8 Å². The Morgan fingerprint density at radius 2 is 2.04 bits per heavy atom. The van der Waals surface area contributed by atoms with Gasteiger partial charge in [0.15, 0.2) is 0 Å². The van der Waals surface area contributed by atoms with Gasteiger partial charge in [0, 0.05) is 30.1 Å².